The second-order valence-corrected chi connectivity index (χ2v) is 9.41. The van der Waals surface area contributed by atoms with Crippen LogP contribution in [0.4, 0.5) is 0 Å². The first kappa shape index (κ1) is 16.7. The van der Waals surface area contributed by atoms with E-state index < -0.39 is 8.56 Å². The third kappa shape index (κ3) is 3.56. The molecule has 0 radical (unpaired) electrons. The van der Waals surface area contributed by atoms with Crippen molar-refractivity contribution >= 4 is 13.7 Å². The molecule has 1 aromatic carbocycles. The van der Waals surface area contributed by atoms with E-state index in [1.165, 1.54) is 10.8 Å². The van der Waals surface area contributed by atoms with Gasteiger partial charge in [-0.15, -0.1) is 0 Å². The fourth-order valence-electron chi connectivity index (χ4n) is 2.89. The summed E-state index contributed by atoms with van der Waals surface area (Å²) >= 11 is 0. The minimum atomic E-state index is -2.50. The first-order chi connectivity index (χ1) is 9.99. The van der Waals surface area contributed by atoms with Gasteiger partial charge in [-0.25, -0.2) is 0 Å². The highest BCUT2D eigenvalue weighted by Crippen LogP contribution is 2.34. The molecule has 1 saturated heterocycles. The average molecular weight is 308 g/mol. The highest BCUT2D eigenvalue weighted by molar-refractivity contribution is 6.83. The zero-order chi connectivity index (χ0) is 15.5. The summed E-state index contributed by atoms with van der Waals surface area (Å²) in [5, 5.41) is 1.29. The quantitative estimate of drug-likeness (QED) is 0.724. The Labute approximate surface area is 129 Å². The van der Waals surface area contributed by atoms with Crippen LogP contribution in [-0.4, -0.2) is 34.0 Å². The third-order valence-electron chi connectivity index (χ3n) is 3.77. The van der Waals surface area contributed by atoms with Crippen molar-refractivity contribution in [3.8, 4) is 0 Å². The predicted octanol–water partition coefficient (Wildman–Crippen LogP) is 3.15. The molecule has 21 heavy (non-hydrogen) atoms. The Hall–Kier alpha value is -0.683. The third-order valence-corrected chi connectivity index (χ3v) is 8.06. The van der Waals surface area contributed by atoms with E-state index in [1.54, 1.807) is 0 Å². The van der Waals surface area contributed by atoms with Crippen molar-refractivity contribution in [2.24, 2.45) is 0 Å². The van der Waals surface area contributed by atoms with Crippen LogP contribution in [0.5, 0.6) is 0 Å². The van der Waals surface area contributed by atoms with Crippen molar-refractivity contribution in [2.45, 2.75) is 58.8 Å². The Balaban J connectivity index is 2.50. The summed E-state index contributed by atoms with van der Waals surface area (Å²) in [4.78, 5) is 0. The largest absolute Gasteiger partial charge is 0.388 e. The highest BCUT2D eigenvalue weighted by Gasteiger charge is 2.53. The molecule has 0 spiro atoms. The second kappa shape index (κ2) is 7.05. The molecule has 4 heteroatoms. The van der Waals surface area contributed by atoms with Gasteiger partial charge in [-0.2, -0.15) is 0 Å². The summed E-state index contributed by atoms with van der Waals surface area (Å²) < 4.78 is 18.5. The Morgan fingerprint density at radius 3 is 2.10 bits per heavy atom. The van der Waals surface area contributed by atoms with Gasteiger partial charge in [-0.1, -0.05) is 31.2 Å². The minimum absolute atomic E-state index is 0.154. The smallest absolute Gasteiger partial charge is 0.381 e. The fraction of sp³-hybridized carbons (Fsp3) is 0.647. The molecular formula is C17H28O3Si. The number of benzene rings is 1. The molecule has 118 valence electrons. The lowest BCUT2D eigenvalue weighted by molar-refractivity contribution is -0.000557. The van der Waals surface area contributed by atoms with Crippen LogP contribution >= 0.6 is 0 Å². The number of aryl methyl sites for hydroxylation is 1. The molecular weight excluding hydrogens is 280 g/mol. The van der Waals surface area contributed by atoms with Crippen molar-refractivity contribution in [2.75, 3.05) is 13.2 Å². The van der Waals surface area contributed by atoms with Gasteiger partial charge in [-0.3, -0.25) is 0 Å². The molecule has 0 N–H and O–H groups in total. The molecule has 0 atom stereocenters. The van der Waals surface area contributed by atoms with Crippen molar-refractivity contribution in [1.82, 2.24) is 0 Å². The van der Waals surface area contributed by atoms with Crippen molar-refractivity contribution in [3.05, 3.63) is 29.8 Å². The average Bonchev–Trinajstić information content (AvgIpc) is 2.34. The van der Waals surface area contributed by atoms with E-state index in [1.807, 2.05) is 0 Å². The Morgan fingerprint density at radius 1 is 1.10 bits per heavy atom. The topological polar surface area (TPSA) is 27.7 Å². The maximum absolute atomic E-state index is 6.52. The van der Waals surface area contributed by atoms with Crippen LogP contribution in [-0.2, 0) is 20.0 Å². The van der Waals surface area contributed by atoms with E-state index in [0.717, 1.165) is 19.6 Å². The zero-order valence-electron chi connectivity index (χ0n) is 13.9. The highest BCUT2D eigenvalue weighted by atomic mass is 28.4. The van der Waals surface area contributed by atoms with Gasteiger partial charge < -0.3 is 13.6 Å². The first-order valence-corrected chi connectivity index (χ1v) is 9.90. The van der Waals surface area contributed by atoms with Gasteiger partial charge in [0.1, 0.15) is 0 Å². The summed E-state index contributed by atoms with van der Waals surface area (Å²) in [7, 11) is -2.50. The van der Waals surface area contributed by atoms with E-state index in [-0.39, 0.29) is 12.2 Å². The Morgan fingerprint density at radius 2 is 1.67 bits per heavy atom. The van der Waals surface area contributed by atoms with Crippen LogP contribution < -0.4 is 5.19 Å². The monoisotopic (exact) mass is 308 g/mol. The maximum atomic E-state index is 6.52. The molecule has 1 aromatic rings. The van der Waals surface area contributed by atoms with Gasteiger partial charge >= 0.3 is 8.56 Å². The molecule has 0 saturated carbocycles. The van der Waals surface area contributed by atoms with Crippen LogP contribution in [0.1, 0.15) is 40.2 Å². The van der Waals surface area contributed by atoms with Crippen LogP contribution in [0.2, 0.25) is 5.54 Å². The SMILES string of the molecule is CCc1ccccc1[Si](OC(C)C)(OC(C)C)C1COC1. The lowest BCUT2D eigenvalue weighted by Crippen LogP contribution is -2.64. The zero-order valence-corrected chi connectivity index (χ0v) is 14.9. The normalized spacial score (nSPS) is 16.5. The van der Waals surface area contributed by atoms with Gasteiger partial charge in [0.2, 0.25) is 0 Å². The van der Waals surface area contributed by atoms with Crippen LogP contribution in [0, 0.1) is 0 Å². The first-order valence-electron chi connectivity index (χ1n) is 8.01. The van der Waals surface area contributed by atoms with Crippen molar-refractivity contribution in [3.63, 3.8) is 0 Å². The summed E-state index contributed by atoms with van der Waals surface area (Å²) in [5.74, 6) is 0. The molecule has 0 amide bonds. The molecule has 0 aromatic heterocycles. The van der Waals surface area contributed by atoms with E-state index in [9.17, 15) is 0 Å². The molecule has 0 unspecified atom stereocenters. The summed E-state index contributed by atoms with van der Waals surface area (Å²) in [6.07, 6.45) is 1.31. The molecule has 1 fully saturated rings. The van der Waals surface area contributed by atoms with Crippen molar-refractivity contribution < 1.29 is 13.6 Å². The van der Waals surface area contributed by atoms with Gasteiger partial charge in [-0.05, 0) is 44.9 Å². The van der Waals surface area contributed by atoms with E-state index >= 15 is 0 Å². The van der Waals surface area contributed by atoms with Crippen LogP contribution in [0.25, 0.3) is 0 Å². The standard InChI is InChI=1S/C17H28O3Si/c1-6-15-9-7-8-10-17(15)21(19-13(2)3,20-14(4)5)16-11-18-12-16/h7-10,13-14,16H,6,11-12H2,1-5H3. The Kier molecular flexibility index (Phi) is 5.60. The number of rotatable bonds is 7. The summed E-state index contributed by atoms with van der Waals surface area (Å²) in [6.45, 7) is 12.1. The molecule has 0 aliphatic carbocycles. The van der Waals surface area contributed by atoms with Gasteiger partial charge in [0.15, 0.2) is 0 Å². The molecule has 1 aliphatic rings. The van der Waals surface area contributed by atoms with E-state index in [4.69, 9.17) is 13.6 Å². The molecule has 0 bridgehead atoms. The summed E-state index contributed by atoms with van der Waals surface area (Å²) in [5.41, 5.74) is 1.73. The molecule has 1 heterocycles. The lowest BCUT2D eigenvalue weighted by Gasteiger charge is -2.44. The van der Waals surface area contributed by atoms with E-state index in [0.29, 0.717) is 5.54 Å². The van der Waals surface area contributed by atoms with E-state index in [2.05, 4.69) is 58.9 Å². The molecule has 2 rings (SSSR count). The predicted molar refractivity (Wildman–Crippen MR) is 88.2 cm³/mol. The molecule has 1 aliphatic heterocycles. The Bertz CT molecular complexity index is 445. The van der Waals surface area contributed by atoms with Gasteiger partial charge in [0.05, 0.1) is 18.8 Å². The maximum Gasteiger partial charge on any atom is 0.381 e. The minimum Gasteiger partial charge on any atom is -0.388 e. The van der Waals surface area contributed by atoms with Gasteiger partial charge in [0, 0.05) is 12.2 Å². The number of hydrogen-bond acceptors (Lipinski definition) is 3. The molecule has 3 nitrogen and oxygen atoms in total. The van der Waals surface area contributed by atoms with Gasteiger partial charge in [0.25, 0.3) is 0 Å². The summed E-state index contributed by atoms with van der Waals surface area (Å²) in [6, 6.07) is 8.60. The fourth-order valence-corrected chi connectivity index (χ4v) is 7.14. The lowest BCUT2D eigenvalue weighted by atomic mass is 10.2. The van der Waals surface area contributed by atoms with Crippen LogP contribution in [0.3, 0.4) is 0 Å². The number of hydrogen-bond donors (Lipinski definition) is 0. The van der Waals surface area contributed by atoms with Crippen molar-refractivity contribution in [1.29, 1.82) is 0 Å². The van der Waals surface area contributed by atoms with Crippen LogP contribution in [0.15, 0.2) is 24.3 Å². The number of ether oxygens (including phenoxy) is 1. The second-order valence-electron chi connectivity index (χ2n) is 6.25.